The Labute approximate surface area is 84.1 Å². The molecule has 0 unspecified atom stereocenters. The van der Waals surface area contributed by atoms with Crippen LogP contribution in [0, 0.1) is 0 Å². The number of benzene rings is 1. The molecule has 0 saturated heterocycles. The van der Waals surface area contributed by atoms with Gasteiger partial charge in [-0.05, 0) is 0 Å². The van der Waals surface area contributed by atoms with E-state index in [1.54, 1.807) is 0 Å². The molecule has 1 aromatic carbocycles. The molecule has 1 heterocycles. The first-order valence-corrected chi connectivity index (χ1v) is 4.15. The summed E-state index contributed by atoms with van der Waals surface area (Å²) in [5.41, 5.74) is -0.607. The lowest BCUT2D eigenvalue weighted by Gasteiger charge is -2.04. The van der Waals surface area contributed by atoms with Crippen molar-refractivity contribution in [3.05, 3.63) is 28.6 Å². The molecule has 78 valence electrons. The zero-order valence-corrected chi connectivity index (χ0v) is 7.85. The van der Waals surface area contributed by atoms with Crippen molar-refractivity contribution in [2.75, 3.05) is 7.11 Å². The standard InChI is InChI=1S/C10H8O5/c1-14-5-2-6(11)10-7(12)4-9(13)15-8(10)3-5/h2-4,11-12H,1H3. The number of methoxy groups -OCH3 is 1. The third-order valence-corrected chi connectivity index (χ3v) is 2.01. The third kappa shape index (κ3) is 1.48. The molecule has 2 N–H and O–H groups in total. The van der Waals surface area contributed by atoms with E-state index in [0.29, 0.717) is 5.75 Å². The SMILES string of the molecule is COc1cc(O)c2c(O)cc(=O)oc2c1. The van der Waals surface area contributed by atoms with Crippen LogP contribution in [0.2, 0.25) is 0 Å². The van der Waals surface area contributed by atoms with E-state index in [2.05, 4.69) is 0 Å². The van der Waals surface area contributed by atoms with Gasteiger partial charge in [-0.15, -0.1) is 0 Å². The van der Waals surface area contributed by atoms with Crippen LogP contribution in [0.4, 0.5) is 0 Å². The highest BCUT2D eigenvalue weighted by Crippen LogP contribution is 2.34. The molecule has 0 aliphatic rings. The molecule has 0 spiro atoms. The van der Waals surface area contributed by atoms with Crippen molar-refractivity contribution < 1.29 is 19.4 Å². The highest BCUT2D eigenvalue weighted by atomic mass is 16.5. The fourth-order valence-corrected chi connectivity index (χ4v) is 1.35. The Morgan fingerprint density at radius 1 is 1.20 bits per heavy atom. The fraction of sp³-hybridized carbons (Fsp3) is 0.100. The summed E-state index contributed by atoms with van der Waals surface area (Å²) in [6, 6.07) is 3.63. The van der Waals surface area contributed by atoms with Gasteiger partial charge in [-0.1, -0.05) is 0 Å². The van der Waals surface area contributed by atoms with Crippen LogP contribution in [0.3, 0.4) is 0 Å². The van der Waals surface area contributed by atoms with Gasteiger partial charge in [0.1, 0.15) is 28.2 Å². The first kappa shape index (κ1) is 9.39. The zero-order valence-electron chi connectivity index (χ0n) is 7.85. The van der Waals surface area contributed by atoms with Gasteiger partial charge in [-0.25, -0.2) is 4.79 Å². The van der Waals surface area contributed by atoms with Crippen molar-refractivity contribution >= 4 is 11.0 Å². The molecule has 0 radical (unpaired) electrons. The molecule has 5 nitrogen and oxygen atoms in total. The highest BCUT2D eigenvalue weighted by Gasteiger charge is 2.11. The molecular formula is C10H8O5. The minimum absolute atomic E-state index is 0.0804. The number of rotatable bonds is 1. The van der Waals surface area contributed by atoms with Crippen LogP contribution in [0.5, 0.6) is 17.2 Å². The van der Waals surface area contributed by atoms with E-state index in [0.717, 1.165) is 6.07 Å². The maximum absolute atomic E-state index is 11.0. The predicted molar refractivity (Wildman–Crippen MR) is 52.4 cm³/mol. The van der Waals surface area contributed by atoms with Crippen LogP contribution in [0.25, 0.3) is 11.0 Å². The Hall–Kier alpha value is -2.17. The van der Waals surface area contributed by atoms with Crippen molar-refractivity contribution in [2.45, 2.75) is 0 Å². The van der Waals surface area contributed by atoms with Crippen LogP contribution < -0.4 is 10.4 Å². The van der Waals surface area contributed by atoms with Gasteiger partial charge in [0, 0.05) is 12.1 Å². The van der Waals surface area contributed by atoms with Crippen molar-refractivity contribution in [1.82, 2.24) is 0 Å². The summed E-state index contributed by atoms with van der Waals surface area (Å²) in [6.45, 7) is 0. The number of ether oxygens (including phenoxy) is 1. The lowest BCUT2D eigenvalue weighted by molar-refractivity contribution is 0.406. The molecule has 5 heteroatoms. The minimum Gasteiger partial charge on any atom is -0.507 e. The Morgan fingerprint density at radius 2 is 1.87 bits per heavy atom. The normalized spacial score (nSPS) is 10.5. The summed E-state index contributed by atoms with van der Waals surface area (Å²) in [6.07, 6.45) is 0. The number of phenolic OH excluding ortho intramolecular Hbond substituents is 1. The molecule has 0 aliphatic carbocycles. The summed E-state index contributed by atoms with van der Waals surface area (Å²) < 4.78 is 9.69. The van der Waals surface area contributed by atoms with Gasteiger partial charge >= 0.3 is 5.63 Å². The quantitative estimate of drug-likeness (QED) is 0.688. The topological polar surface area (TPSA) is 79.9 Å². The van der Waals surface area contributed by atoms with Crippen LogP contribution >= 0.6 is 0 Å². The molecule has 2 rings (SSSR count). The van der Waals surface area contributed by atoms with E-state index in [1.807, 2.05) is 0 Å². The minimum atomic E-state index is -0.687. The van der Waals surface area contributed by atoms with Gasteiger partial charge in [0.25, 0.3) is 0 Å². The van der Waals surface area contributed by atoms with Gasteiger partial charge in [-0.2, -0.15) is 0 Å². The van der Waals surface area contributed by atoms with E-state index >= 15 is 0 Å². The summed E-state index contributed by atoms with van der Waals surface area (Å²) in [5.74, 6) is -0.180. The molecule has 0 aliphatic heterocycles. The number of hydrogen-bond acceptors (Lipinski definition) is 5. The summed E-state index contributed by atoms with van der Waals surface area (Å²) in [4.78, 5) is 11.0. The number of hydrogen-bond donors (Lipinski definition) is 2. The predicted octanol–water partition coefficient (Wildman–Crippen LogP) is 1.21. The van der Waals surface area contributed by atoms with Crippen LogP contribution in [0.1, 0.15) is 0 Å². The fourth-order valence-electron chi connectivity index (χ4n) is 1.35. The molecule has 2 aromatic rings. The van der Waals surface area contributed by atoms with Crippen LogP contribution in [-0.4, -0.2) is 17.3 Å². The molecule has 0 fully saturated rings. The number of phenols is 1. The van der Waals surface area contributed by atoms with Crippen molar-refractivity contribution in [1.29, 1.82) is 0 Å². The first-order valence-electron chi connectivity index (χ1n) is 4.15. The highest BCUT2D eigenvalue weighted by molar-refractivity contribution is 5.90. The van der Waals surface area contributed by atoms with E-state index < -0.39 is 5.63 Å². The number of aromatic hydroxyl groups is 2. The maximum atomic E-state index is 11.0. The van der Waals surface area contributed by atoms with E-state index in [1.165, 1.54) is 19.2 Å². The smallest absolute Gasteiger partial charge is 0.339 e. The van der Waals surface area contributed by atoms with Gasteiger partial charge in [0.05, 0.1) is 13.2 Å². The number of fused-ring (bicyclic) bond motifs is 1. The summed E-state index contributed by atoms with van der Waals surface area (Å²) in [7, 11) is 1.42. The van der Waals surface area contributed by atoms with Gasteiger partial charge in [0.15, 0.2) is 0 Å². The Balaban J connectivity index is 2.91. The zero-order chi connectivity index (χ0) is 11.0. The molecule has 0 amide bonds. The molecule has 0 bridgehead atoms. The van der Waals surface area contributed by atoms with Gasteiger partial charge < -0.3 is 19.4 Å². The van der Waals surface area contributed by atoms with Crippen LogP contribution in [0.15, 0.2) is 27.4 Å². The maximum Gasteiger partial charge on any atom is 0.339 e. The van der Waals surface area contributed by atoms with Crippen LogP contribution in [-0.2, 0) is 0 Å². The first-order chi connectivity index (χ1) is 7.11. The Bertz CT molecular complexity index is 570. The van der Waals surface area contributed by atoms with Gasteiger partial charge in [0.2, 0.25) is 0 Å². The lowest BCUT2D eigenvalue weighted by Crippen LogP contribution is -1.96. The second-order valence-corrected chi connectivity index (χ2v) is 2.97. The Kier molecular flexibility index (Phi) is 2.00. The molecule has 0 saturated carbocycles. The van der Waals surface area contributed by atoms with E-state index in [9.17, 15) is 15.0 Å². The molecule has 0 atom stereocenters. The largest absolute Gasteiger partial charge is 0.507 e. The molecular weight excluding hydrogens is 200 g/mol. The van der Waals surface area contributed by atoms with Crippen molar-refractivity contribution in [3.63, 3.8) is 0 Å². The summed E-state index contributed by atoms with van der Waals surface area (Å²) in [5, 5.41) is 19.1. The lowest BCUT2D eigenvalue weighted by atomic mass is 10.2. The molecule has 15 heavy (non-hydrogen) atoms. The monoisotopic (exact) mass is 208 g/mol. The third-order valence-electron chi connectivity index (χ3n) is 2.01. The van der Waals surface area contributed by atoms with Crippen molar-refractivity contribution in [2.24, 2.45) is 0 Å². The molecule has 1 aromatic heterocycles. The van der Waals surface area contributed by atoms with Gasteiger partial charge in [-0.3, -0.25) is 0 Å². The van der Waals surface area contributed by atoms with E-state index in [4.69, 9.17) is 9.15 Å². The average Bonchev–Trinajstić information content (AvgIpc) is 2.15. The Morgan fingerprint density at radius 3 is 2.53 bits per heavy atom. The van der Waals surface area contributed by atoms with Crippen molar-refractivity contribution in [3.8, 4) is 17.2 Å². The van der Waals surface area contributed by atoms with E-state index in [-0.39, 0.29) is 22.5 Å². The average molecular weight is 208 g/mol. The second-order valence-electron chi connectivity index (χ2n) is 2.97. The summed E-state index contributed by atoms with van der Waals surface area (Å²) >= 11 is 0. The second kappa shape index (κ2) is 3.20.